The zero-order valence-corrected chi connectivity index (χ0v) is 21.6. The number of ether oxygens (including phenoxy) is 1. The van der Waals surface area contributed by atoms with Crippen LogP contribution < -0.4 is 9.64 Å². The predicted molar refractivity (Wildman–Crippen MR) is 135 cm³/mol. The van der Waals surface area contributed by atoms with Crippen LogP contribution >= 0.6 is 34.5 Å². The van der Waals surface area contributed by atoms with Crippen LogP contribution in [0, 0.1) is 6.92 Å². The van der Waals surface area contributed by atoms with Crippen molar-refractivity contribution in [3.8, 4) is 5.75 Å². The van der Waals surface area contributed by atoms with Crippen LogP contribution in [0.4, 0.5) is 5.13 Å². The quantitative estimate of drug-likeness (QED) is 0.431. The lowest BCUT2D eigenvalue weighted by Gasteiger charge is -2.34. The zero-order valence-electron chi connectivity index (χ0n) is 18.4. The molecule has 6 nitrogen and oxygen atoms in total. The second kappa shape index (κ2) is 10.2. The van der Waals surface area contributed by atoms with Crippen LogP contribution in [0.2, 0.25) is 10.0 Å². The number of aromatic nitrogens is 1. The molecule has 1 aliphatic rings. The highest BCUT2D eigenvalue weighted by Gasteiger charge is 2.31. The molecule has 0 N–H and O–H groups in total. The number of benzene rings is 2. The summed E-state index contributed by atoms with van der Waals surface area (Å²) < 4.78 is 33.0. The Kier molecular flexibility index (Phi) is 7.50. The number of hydrogen-bond donors (Lipinski definition) is 0. The molecule has 176 valence electrons. The number of aryl methyl sites for hydroxylation is 3. The molecule has 0 spiro atoms. The van der Waals surface area contributed by atoms with Crippen molar-refractivity contribution in [3.05, 3.63) is 68.6 Å². The maximum atomic E-state index is 13.1. The van der Waals surface area contributed by atoms with E-state index in [4.69, 9.17) is 32.9 Å². The Morgan fingerprint density at radius 1 is 1.03 bits per heavy atom. The Hall–Kier alpha value is -1.84. The van der Waals surface area contributed by atoms with E-state index in [0.717, 1.165) is 29.4 Å². The fourth-order valence-corrected chi connectivity index (χ4v) is 6.85. The van der Waals surface area contributed by atoms with Gasteiger partial charge in [-0.25, -0.2) is 13.4 Å². The van der Waals surface area contributed by atoms with Gasteiger partial charge in [0.25, 0.3) is 0 Å². The molecule has 0 saturated carbocycles. The van der Waals surface area contributed by atoms with Gasteiger partial charge in [0.05, 0.1) is 17.8 Å². The Balaban J connectivity index is 1.36. The number of halogens is 2. The minimum absolute atomic E-state index is 0.106. The number of hydrogen-bond acceptors (Lipinski definition) is 6. The van der Waals surface area contributed by atoms with Gasteiger partial charge in [-0.15, -0.1) is 11.3 Å². The number of methoxy groups -OCH3 is 1. The van der Waals surface area contributed by atoms with E-state index in [2.05, 4.69) is 22.4 Å². The van der Waals surface area contributed by atoms with Crippen LogP contribution in [0.5, 0.6) is 5.75 Å². The monoisotopic (exact) mass is 525 g/mol. The fraction of sp³-hybridized carbons (Fsp3) is 0.348. The van der Waals surface area contributed by atoms with Crippen LogP contribution in [0.1, 0.15) is 16.8 Å². The molecule has 0 bridgehead atoms. The number of thiazole rings is 1. The smallest absolute Gasteiger partial charge is 0.244 e. The molecule has 1 aliphatic heterocycles. The number of piperazine rings is 1. The lowest BCUT2D eigenvalue weighted by Crippen LogP contribution is -2.48. The van der Waals surface area contributed by atoms with Gasteiger partial charge in [0.15, 0.2) is 5.13 Å². The average molecular weight is 527 g/mol. The summed E-state index contributed by atoms with van der Waals surface area (Å²) in [6, 6.07) is 11.1. The first-order valence-electron chi connectivity index (χ1n) is 10.6. The van der Waals surface area contributed by atoms with Crippen molar-refractivity contribution >= 4 is 49.7 Å². The summed E-state index contributed by atoms with van der Waals surface area (Å²) in [5.41, 5.74) is 2.97. The Labute approximate surface area is 208 Å². The molecule has 1 aromatic heterocycles. The van der Waals surface area contributed by atoms with Crippen LogP contribution in [0.25, 0.3) is 0 Å². The number of sulfonamides is 1. The van der Waals surface area contributed by atoms with Crippen molar-refractivity contribution in [3.63, 3.8) is 0 Å². The first kappa shape index (κ1) is 24.3. The van der Waals surface area contributed by atoms with Gasteiger partial charge in [0, 0.05) is 36.6 Å². The maximum absolute atomic E-state index is 13.1. The fourth-order valence-electron chi connectivity index (χ4n) is 3.71. The van der Waals surface area contributed by atoms with Gasteiger partial charge in [-0.05, 0) is 55.2 Å². The molecule has 4 rings (SSSR count). The van der Waals surface area contributed by atoms with Crippen molar-refractivity contribution in [2.75, 3.05) is 38.2 Å². The summed E-state index contributed by atoms with van der Waals surface area (Å²) in [4.78, 5) is 7.03. The van der Waals surface area contributed by atoms with Crippen molar-refractivity contribution in [1.82, 2.24) is 9.29 Å². The van der Waals surface area contributed by atoms with Gasteiger partial charge >= 0.3 is 0 Å². The third kappa shape index (κ3) is 5.46. The third-order valence-electron chi connectivity index (χ3n) is 5.71. The maximum Gasteiger partial charge on any atom is 0.244 e. The summed E-state index contributed by atoms with van der Waals surface area (Å²) in [5, 5.41) is 3.61. The number of rotatable bonds is 7. The molecule has 1 fully saturated rings. The SMILES string of the molecule is COc1ccc(CCc2csc(N3CCN(S(=O)(=O)c4cc(C)c(Cl)cc4Cl)CC3)n2)cc1. The molecule has 0 amide bonds. The summed E-state index contributed by atoms with van der Waals surface area (Å²) in [7, 11) is -2.03. The topological polar surface area (TPSA) is 62.7 Å². The lowest BCUT2D eigenvalue weighted by molar-refractivity contribution is 0.384. The standard InChI is InChI=1S/C23H25Cl2N3O3S2/c1-16-13-22(21(25)14-20(16)24)33(29,30)28-11-9-27(10-12-28)23-26-18(15-32-23)6-3-17-4-7-19(31-2)8-5-17/h4-5,7-8,13-15H,3,6,9-12H2,1-2H3. The van der Waals surface area contributed by atoms with E-state index in [1.54, 1.807) is 31.4 Å². The first-order valence-corrected chi connectivity index (χ1v) is 13.6. The van der Waals surface area contributed by atoms with E-state index in [0.29, 0.717) is 36.8 Å². The molecular formula is C23H25Cl2N3O3S2. The average Bonchev–Trinajstić information content (AvgIpc) is 3.29. The Bertz CT molecular complexity index is 1220. The molecule has 33 heavy (non-hydrogen) atoms. The van der Waals surface area contributed by atoms with Crippen LogP contribution in [-0.2, 0) is 22.9 Å². The second-order valence-corrected chi connectivity index (χ2v) is 11.4. The van der Waals surface area contributed by atoms with E-state index in [-0.39, 0.29) is 9.92 Å². The predicted octanol–water partition coefficient (Wildman–Crippen LogP) is 5.06. The van der Waals surface area contributed by atoms with Gasteiger partial charge in [0.2, 0.25) is 10.0 Å². The number of anilines is 1. The summed E-state index contributed by atoms with van der Waals surface area (Å²) >= 11 is 13.9. The summed E-state index contributed by atoms with van der Waals surface area (Å²) in [6.07, 6.45) is 1.76. The van der Waals surface area contributed by atoms with Crippen molar-refractivity contribution in [2.45, 2.75) is 24.7 Å². The molecule has 1 saturated heterocycles. The molecular weight excluding hydrogens is 501 g/mol. The Morgan fingerprint density at radius 3 is 2.39 bits per heavy atom. The molecule has 10 heteroatoms. The van der Waals surface area contributed by atoms with Gasteiger partial charge < -0.3 is 9.64 Å². The van der Waals surface area contributed by atoms with E-state index < -0.39 is 10.0 Å². The number of nitrogens with zero attached hydrogens (tertiary/aromatic N) is 3. The minimum Gasteiger partial charge on any atom is -0.497 e. The van der Waals surface area contributed by atoms with Crippen LogP contribution in [0.3, 0.4) is 0 Å². The molecule has 0 atom stereocenters. The third-order valence-corrected chi connectivity index (χ3v) is 9.43. The van der Waals surface area contributed by atoms with E-state index in [1.807, 2.05) is 12.1 Å². The first-order chi connectivity index (χ1) is 15.8. The highest BCUT2D eigenvalue weighted by molar-refractivity contribution is 7.89. The highest BCUT2D eigenvalue weighted by Crippen LogP contribution is 2.31. The van der Waals surface area contributed by atoms with Gasteiger partial charge in [-0.1, -0.05) is 35.3 Å². The van der Waals surface area contributed by atoms with E-state index in [9.17, 15) is 8.42 Å². The van der Waals surface area contributed by atoms with Gasteiger partial charge in [-0.2, -0.15) is 4.31 Å². The van der Waals surface area contributed by atoms with Crippen LogP contribution in [0.15, 0.2) is 46.7 Å². The van der Waals surface area contributed by atoms with E-state index >= 15 is 0 Å². The van der Waals surface area contributed by atoms with Gasteiger partial charge in [-0.3, -0.25) is 0 Å². The largest absolute Gasteiger partial charge is 0.497 e. The molecule has 0 radical (unpaired) electrons. The van der Waals surface area contributed by atoms with Crippen molar-refractivity contribution in [2.24, 2.45) is 0 Å². The van der Waals surface area contributed by atoms with Gasteiger partial charge in [0.1, 0.15) is 10.6 Å². The second-order valence-electron chi connectivity index (χ2n) is 7.89. The van der Waals surface area contributed by atoms with Crippen molar-refractivity contribution < 1.29 is 13.2 Å². The summed E-state index contributed by atoms with van der Waals surface area (Å²) in [6.45, 7) is 3.68. The molecule has 2 heterocycles. The van der Waals surface area contributed by atoms with E-state index in [1.165, 1.54) is 15.9 Å². The molecule has 0 unspecified atom stereocenters. The highest BCUT2D eigenvalue weighted by atomic mass is 35.5. The molecule has 2 aromatic carbocycles. The molecule has 0 aliphatic carbocycles. The minimum atomic E-state index is -3.69. The Morgan fingerprint density at radius 2 is 1.73 bits per heavy atom. The normalized spacial score (nSPS) is 15.1. The van der Waals surface area contributed by atoms with Crippen molar-refractivity contribution in [1.29, 1.82) is 0 Å². The molecule has 3 aromatic rings. The summed E-state index contributed by atoms with van der Waals surface area (Å²) in [5.74, 6) is 0.851. The zero-order chi connectivity index (χ0) is 23.6. The lowest BCUT2D eigenvalue weighted by atomic mass is 10.1. The van der Waals surface area contributed by atoms with Crippen LogP contribution in [-0.4, -0.2) is 51.0 Å².